The number of rotatable bonds is 7. The third kappa shape index (κ3) is 5.28. The quantitative estimate of drug-likeness (QED) is 0.353. The van der Waals surface area contributed by atoms with Crippen LogP contribution in [0.2, 0.25) is 0 Å². The Balaban J connectivity index is 2.03. The summed E-state index contributed by atoms with van der Waals surface area (Å²) < 4.78 is 0. The van der Waals surface area contributed by atoms with Crippen molar-refractivity contribution in [2.45, 2.75) is 6.42 Å². The molecule has 0 saturated carbocycles. The number of hydrogen-bond donors (Lipinski definition) is 1. The molecule has 0 bridgehead atoms. The molecule has 0 spiro atoms. The van der Waals surface area contributed by atoms with Crippen molar-refractivity contribution in [3.05, 3.63) is 94.1 Å². The summed E-state index contributed by atoms with van der Waals surface area (Å²) in [6.45, 7) is 3.64. The van der Waals surface area contributed by atoms with E-state index in [1.807, 2.05) is 0 Å². The molecule has 5 nitrogen and oxygen atoms in total. The maximum atomic E-state index is 11.9. The summed E-state index contributed by atoms with van der Waals surface area (Å²) in [7, 11) is 0. The molecule has 0 aliphatic heterocycles. The molecule has 126 valence electrons. The van der Waals surface area contributed by atoms with Crippen molar-refractivity contribution >= 4 is 23.6 Å². The number of carbonyl (C=O) groups excluding carboxylic acids is 1. The lowest BCUT2D eigenvalue weighted by Crippen LogP contribution is -1.88. The lowest BCUT2D eigenvalue weighted by molar-refractivity contribution is -0.384. The molecule has 0 fully saturated rings. The van der Waals surface area contributed by atoms with Gasteiger partial charge in [0.15, 0.2) is 5.78 Å². The highest BCUT2D eigenvalue weighted by molar-refractivity contribution is 6.04. The third-order valence-electron chi connectivity index (χ3n) is 3.45. The van der Waals surface area contributed by atoms with Crippen LogP contribution in [0.4, 0.5) is 5.69 Å². The van der Waals surface area contributed by atoms with Crippen molar-refractivity contribution in [3.8, 4) is 5.75 Å². The Morgan fingerprint density at radius 2 is 1.68 bits per heavy atom. The monoisotopic (exact) mass is 335 g/mol. The molecule has 2 rings (SSSR count). The average Bonchev–Trinajstić information content (AvgIpc) is 2.61. The van der Waals surface area contributed by atoms with Gasteiger partial charge in [0.1, 0.15) is 5.75 Å². The van der Waals surface area contributed by atoms with Crippen LogP contribution in [0.25, 0.3) is 12.2 Å². The highest BCUT2D eigenvalue weighted by Crippen LogP contribution is 2.20. The van der Waals surface area contributed by atoms with Gasteiger partial charge in [0.25, 0.3) is 5.69 Å². The molecule has 5 heteroatoms. The van der Waals surface area contributed by atoms with Crippen molar-refractivity contribution in [1.29, 1.82) is 0 Å². The zero-order chi connectivity index (χ0) is 18.2. The third-order valence-corrected chi connectivity index (χ3v) is 3.45. The number of non-ortho nitro benzene ring substituents is 1. The number of allylic oxidation sites excluding steroid dienone is 3. The Labute approximate surface area is 145 Å². The second-order valence-corrected chi connectivity index (χ2v) is 5.30. The van der Waals surface area contributed by atoms with Gasteiger partial charge in [0.05, 0.1) is 4.92 Å². The number of nitro groups is 1. The van der Waals surface area contributed by atoms with Gasteiger partial charge in [-0.05, 0) is 59.5 Å². The summed E-state index contributed by atoms with van der Waals surface area (Å²) in [6, 6.07) is 11.0. The minimum Gasteiger partial charge on any atom is -0.508 e. The van der Waals surface area contributed by atoms with Gasteiger partial charge in [-0.3, -0.25) is 14.9 Å². The number of aromatic hydroxyl groups is 1. The Bertz CT molecular complexity index is 848. The van der Waals surface area contributed by atoms with E-state index >= 15 is 0 Å². The number of hydrogen-bond acceptors (Lipinski definition) is 4. The Hall–Kier alpha value is -3.47. The first kappa shape index (κ1) is 17.9. The molecule has 1 N–H and O–H groups in total. The lowest BCUT2D eigenvalue weighted by Gasteiger charge is -2.02. The van der Waals surface area contributed by atoms with Crippen LogP contribution in [0.15, 0.2) is 67.3 Å². The Morgan fingerprint density at radius 1 is 1.08 bits per heavy atom. The van der Waals surface area contributed by atoms with Gasteiger partial charge in [-0.2, -0.15) is 0 Å². The fourth-order valence-electron chi connectivity index (χ4n) is 2.15. The highest BCUT2D eigenvalue weighted by Gasteiger charge is 2.02. The Kier molecular flexibility index (Phi) is 6.01. The summed E-state index contributed by atoms with van der Waals surface area (Å²) in [5.41, 5.74) is 2.24. The maximum absolute atomic E-state index is 11.9. The van der Waals surface area contributed by atoms with E-state index in [4.69, 9.17) is 0 Å². The molecule has 0 aliphatic rings. The van der Waals surface area contributed by atoms with E-state index < -0.39 is 4.92 Å². The minimum atomic E-state index is -0.473. The predicted octanol–water partition coefficient (Wildman–Crippen LogP) is 4.32. The molecule has 0 saturated heterocycles. The molecule has 0 radical (unpaired) electrons. The van der Waals surface area contributed by atoms with Crippen LogP contribution >= 0.6 is 0 Å². The molecule has 0 heterocycles. The van der Waals surface area contributed by atoms with Gasteiger partial charge < -0.3 is 5.11 Å². The van der Waals surface area contributed by atoms with Crippen molar-refractivity contribution < 1.29 is 14.8 Å². The summed E-state index contributed by atoms with van der Waals surface area (Å²) in [6.07, 6.45) is 8.31. The second kappa shape index (κ2) is 8.40. The smallest absolute Gasteiger partial charge is 0.269 e. The molecule has 25 heavy (non-hydrogen) atoms. The molecule has 2 aromatic rings. The number of phenols is 1. The molecular weight excluding hydrogens is 318 g/mol. The molecular formula is C20H17NO4. The number of nitrogens with zero attached hydrogens (tertiary/aromatic N) is 1. The molecule has 0 aliphatic carbocycles. The van der Waals surface area contributed by atoms with Gasteiger partial charge in [0.2, 0.25) is 0 Å². The summed E-state index contributed by atoms with van der Waals surface area (Å²) in [5, 5.41) is 20.3. The summed E-state index contributed by atoms with van der Waals surface area (Å²) >= 11 is 0. The minimum absolute atomic E-state index is 0.00558. The van der Waals surface area contributed by atoms with Crippen molar-refractivity contribution in [2.75, 3.05) is 0 Å². The lowest BCUT2D eigenvalue weighted by atomic mass is 10.1. The average molecular weight is 335 g/mol. The normalized spacial score (nSPS) is 11.0. The molecule has 2 aromatic carbocycles. The van der Waals surface area contributed by atoms with E-state index in [9.17, 15) is 20.0 Å². The second-order valence-electron chi connectivity index (χ2n) is 5.30. The highest BCUT2D eigenvalue weighted by atomic mass is 16.6. The number of carbonyl (C=O) groups is 1. The van der Waals surface area contributed by atoms with Gasteiger partial charge in [-0.15, -0.1) is 6.58 Å². The maximum Gasteiger partial charge on any atom is 0.269 e. The van der Waals surface area contributed by atoms with Gasteiger partial charge in [-0.25, -0.2) is 0 Å². The van der Waals surface area contributed by atoms with Crippen LogP contribution in [-0.4, -0.2) is 15.8 Å². The van der Waals surface area contributed by atoms with Gasteiger partial charge >= 0.3 is 0 Å². The zero-order valence-corrected chi connectivity index (χ0v) is 13.5. The fourth-order valence-corrected chi connectivity index (χ4v) is 2.15. The number of ketones is 1. The van der Waals surface area contributed by atoms with Gasteiger partial charge in [-0.1, -0.05) is 24.3 Å². The fraction of sp³-hybridized carbons (Fsp3) is 0.0500. The predicted molar refractivity (Wildman–Crippen MR) is 98.2 cm³/mol. The Morgan fingerprint density at radius 3 is 2.28 bits per heavy atom. The number of phenolic OH excluding ortho intramolecular Hbond substituents is 1. The van der Waals surface area contributed by atoms with Crippen LogP contribution in [0.1, 0.15) is 16.7 Å². The van der Waals surface area contributed by atoms with Crippen LogP contribution in [0.5, 0.6) is 5.75 Å². The van der Waals surface area contributed by atoms with Crippen LogP contribution in [-0.2, 0) is 11.2 Å². The number of benzene rings is 2. The van der Waals surface area contributed by atoms with E-state index in [-0.39, 0.29) is 17.2 Å². The number of nitro benzene ring substituents is 1. The van der Waals surface area contributed by atoms with E-state index in [1.165, 1.54) is 24.3 Å². The van der Waals surface area contributed by atoms with Crippen molar-refractivity contribution in [1.82, 2.24) is 0 Å². The SMILES string of the molecule is C=CCc1cc(C=CC(=O)C=Cc2ccc([N+](=O)[O-])cc2)ccc1O. The van der Waals surface area contributed by atoms with Crippen LogP contribution < -0.4 is 0 Å². The molecule has 0 unspecified atom stereocenters. The molecule has 0 atom stereocenters. The van der Waals surface area contributed by atoms with E-state index in [2.05, 4.69) is 6.58 Å². The zero-order valence-electron chi connectivity index (χ0n) is 13.5. The summed E-state index contributed by atoms with van der Waals surface area (Å²) in [5.74, 6) is -0.0156. The van der Waals surface area contributed by atoms with Crippen molar-refractivity contribution in [2.24, 2.45) is 0 Å². The topological polar surface area (TPSA) is 80.4 Å². The van der Waals surface area contributed by atoms with Crippen LogP contribution in [0, 0.1) is 10.1 Å². The summed E-state index contributed by atoms with van der Waals surface area (Å²) in [4.78, 5) is 22.0. The van der Waals surface area contributed by atoms with Crippen molar-refractivity contribution in [3.63, 3.8) is 0 Å². The molecule has 0 amide bonds. The largest absolute Gasteiger partial charge is 0.508 e. The standard InChI is InChI=1S/C20H17NO4/c1-2-3-17-14-16(8-13-20(17)23)7-12-19(22)11-6-15-4-9-18(10-5-15)21(24)25/h2,4-14,23H,1,3H2. The van der Waals surface area contributed by atoms with Gasteiger partial charge in [0, 0.05) is 12.1 Å². The first-order chi connectivity index (χ1) is 12.0. The first-order valence-corrected chi connectivity index (χ1v) is 7.57. The first-order valence-electron chi connectivity index (χ1n) is 7.57. The van der Waals surface area contributed by atoms with Crippen LogP contribution in [0.3, 0.4) is 0 Å². The van der Waals surface area contributed by atoms with E-state index in [1.54, 1.807) is 48.6 Å². The molecule has 0 aromatic heterocycles. The van der Waals surface area contributed by atoms with E-state index in [0.29, 0.717) is 12.0 Å². The van der Waals surface area contributed by atoms with E-state index in [0.717, 1.165) is 11.1 Å².